The van der Waals surface area contributed by atoms with Crippen LogP contribution in [-0.2, 0) is 32.0 Å². The zero-order chi connectivity index (χ0) is 20.5. The Kier molecular flexibility index (Phi) is 4.63. The number of hydrogen-bond acceptors (Lipinski definition) is 5. The fourth-order valence-corrected chi connectivity index (χ4v) is 3.25. The highest BCUT2D eigenvalue weighted by Gasteiger charge is 2.22. The van der Waals surface area contributed by atoms with Crippen LogP contribution in [0.25, 0.3) is 11.2 Å². The highest BCUT2D eigenvalue weighted by molar-refractivity contribution is 5.93. The summed E-state index contributed by atoms with van der Waals surface area (Å²) in [6.07, 6.45) is 2.99. The molecule has 1 amide bonds. The monoisotopic (exact) mass is 393 g/mol. The molecule has 0 N–H and O–H groups in total. The number of amides is 1. The molecule has 9 nitrogen and oxygen atoms in total. The Balaban J connectivity index is 1.76. The Bertz CT molecular complexity index is 1280. The van der Waals surface area contributed by atoms with Gasteiger partial charge in [-0.1, -0.05) is 18.2 Å². The molecule has 0 aliphatic rings. The van der Waals surface area contributed by atoms with E-state index in [2.05, 4.69) is 4.98 Å². The third-order valence-electron chi connectivity index (χ3n) is 4.76. The van der Waals surface area contributed by atoms with Gasteiger partial charge in [-0.2, -0.15) is 0 Å². The molecule has 4 rings (SSSR count). The number of carbonyl (C=O) groups is 1. The highest BCUT2D eigenvalue weighted by Crippen LogP contribution is 2.18. The molecule has 29 heavy (non-hydrogen) atoms. The van der Waals surface area contributed by atoms with Crippen molar-refractivity contribution in [3.8, 4) is 0 Å². The Morgan fingerprint density at radius 1 is 1.10 bits per heavy atom. The fourth-order valence-electron chi connectivity index (χ4n) is 3.25. The number of para-hydroxylation sites is 1. The minimum Gasteiger partial charge on any atom is -0.467 e. The van der Waals surface area contributed by atoms with E-state index >= 15 is 0 Å². The van der Waals surface area contributed by atoms with Crippen molar-refractivity contribution in [2.45, 2.75) is 13.1 Å². The van der Waals surface area contributed by atoms with Crippen LogP contribution in [0.2, 0.25) is 0 Å². The molecule has 0 fully saturated rings. The third kappa shape index (κ3) is 3.27. The molecule has 9 heteroatoms. The molecule has 0 saturated carbocycles. The van der Waals surface area contributed by atoms with Crippen LogP contribution in [0.15, 0.2) is 69.1 Å². The van der Waals surface area contributed by atoms with Crippen molar-refractivity contribution in [3.63, 3.8) is 0 Å². The molecule has 4 aromatic rings. The summed E-state index contributed by atoms with van der Waals surface area (Å²) >= 11 is 0. The Hall–Kier alpha value is -3.88. The predicted octanol–water partition coefficient (Wildman–Crippen LogP) is 1.26. The van der Waals surface area contributed by atoms with Crippen LogP contribution in [0.1, 0.15) is 5.76 Å². The van der Waals surface area contributed by atoms with Crippen LogP contribution < -0.4 is 16.1 Å². The van der Waals surface area contributed by atoms with E-state index in [1.807, 2.05) is 18.2 Å². The molecule has 3 heterocycles. The van der Waals surface area contributed by atoms with Crippen molar-refractivity contribution in [3.05, 3.63) is 81.7 Å². The first kappa shape index (κ1) is 18.5. The third-order valence-corrected chi connectivity index (χ3v) is 4.76. The minimum atomic E-state index is -0.597. The lowest BCUT2D eigenvalue weighted by Crippen LogP contribution is -2.44. The Labute approximate surface area is 165 Å². The number of fused-ring (bicyclic) bond motifs is 1. The van der Waals surface area contributed by atoms with Gasteiger partial charge in [0.1, 0.15) is 12.3 Å². The number of aryl methyl sites for hydroxylation is 2. The van der Waals surface area contributed by atoms with Gasteiger partial charge in [0.15, 0.2) is 11.2 Å². The smallest absolute Gasteiger partial charge is 0.332 e. The second-order valence-electron chi connectivity index (χ2n) is 6.66. The molecule has 0 bridgehead atoms. The average molecular weight is 393 g/mol. The van der Waals surface area contributed by atoms with E-state index in [1.165, 1.54) is 33.7 Å². The molecule has 0 saturated heterocycles. The Morgan fingerprint density at radius 3 is 2.55 bits per heavy atom. The van der Waals surface area contributed by atoms with Gasteiger partial charge in [-0.25, -0.2) is 14.3 Å². The van der Waals surface area contributed by atoms with Gasteiger partial charge in [0.25, 0.3) is 5.56 Å². The zero-order valence-corrected chi connectivity index (χ0v) is 16.0. The highest BCUT2D eigenvalue weighted by atomic mass is 16.3. The standard InChI is InChI=1S/C20H19N5O4/c1-22-13-21-18-17(22)19(27)25(20(28)23(18)2)12-16(26)24(11-15-9-6-10-29-15)14-7-4-3-5-8-14/h3-10,13H,11-12H2,1-2H3. The summed E-state index contributed by atoms with van der Waals surface area (Å²) in [6.45, 7) is -0.221. The summed E-state index contributed by atoms with van der Waals surface area (Å²) in [5.41, 5.74) is 0.0299. The van der Waals surface area contributed by atoms with Gasteiger partial charge < -0.3 is 13.9 Å². The van der Waals surface area contributed by atoms with Crippen molar-refractivity contribution in [1.29, 1.82) is 0 Å². The van der Waals surface area contributed by atoms with Gasteiger partial charge >= 0.3 is 5.69 Å². The number of benzene rings is 1. The zero-order valence-electron chi connectivity index (χ0n) is 16.0. The van der Waals surface area contributed by atoms with E-state index < -0.39 is 23.7 Å². The lowest BCUT2D eigenvalue weighted by Gasteiger charge is -2.22. The minimum absolute atomic E-state index is 0.179. The molecule has 0 aliphatic carbocycles. The molecular weight excluding hydrogens is 374 g/mol. The van der Waals surface area contributed by atoms with Crippen molar-refractivity contribution < 1.29 is 9.21 Å². The van der Waals surface area contributed by atoms with E-state index in [1.54, 1.807) is 31.3 Å². The number of rotatable bonds is 5. The lowest BCUT2D eigenvalue weighted by molar-refractivity contribution is -0.119. The van der Waals surface area contributed by atoms with Crippen molar-refractivity contribution in [2.75, 3.05) is 4.90 Å². The first-order chi connectivity index (χ1) is 14.0. The van der Waals surface area contributed by atoms with Crippen LogP contribution in [-0.4, -0.2) is 24.6 Å². The molecule has 0 spiro atoms. The van der Waals surface area contributed by atoms with E-state index in [4.69, 9.17) is 4.42 Å². The first-order valence-corrected chi connectivity index (χ1v) is 8.96. The van der Waals surface area contributed by atoms with E-state index in [0.29, 0.717) is 11.4 Å². The lowest BCUT2D eigenvalue weighted by atomic mass is 10.2. The van der Waals surface area contributed by atoms with Crippen LogP contribution >= 0.6 is 0 Å². The largest absolute Gasteiger partial charge is 0.467 e. The van der Waals surface area contributed by atoms with Crippen LogP contribution in [0, 0.1) is 0 Å². The topological polar surface area (TPSA) is 95.3 Å². The fraction of sp³-hybridized carbons (Fsp3) is 0.200. The number of imidazole rings is 1. The molecule has 3 aromatic heterocycles. The van der Waals surface area contributed by atoms with Crippen LogP contribution in [0.4, 0.5) is 5.69 Å². The van der Waals surface area contributed by atoms with Crippen LogP contribution in [0.5, 0.6) is 0 Å². The summed E-state index contributed by atoms with van der Waals surface area (Å²) in [7, 11) is 3.19. The maximum absolute atomic E-state index is 13.2. The molecule has 0 unspecified atom stereocenters. The van der Waals surface area contributed by atoms with Gasteiger partial charge in [0.2, 0.25) is 5.91 Å². The summed E-state index contributed by atoms with van der Waals surface area (Å²) in [5.74, 6) is 0.179. The Morgan fingerprint density at radius 2 is 1.86 bits per heavy atom. The second kappa shape index (κ2) is 7.27. The van der Waals surface area contributed by atoms with Crippen LogP contribution in [0.3, 0.4) is 0 Å². The summed E-state index contributed by atoms with van der Waals surface area (Å²) in [4.78, 5) is 44.4. The van der Waals surface area contributed by atoms with E-state index in [9.17, 15) is 14.4 Å². The number of furan rings is 1. The maximum Gasteiger partial charge on any atom is 0.332 e. The van der Waals surface area contributed by atoms with E-state index in [-0.39, 0.29) is 17.7 Å². The van der Waals surface area contributed by atoms with Crippen molar-refractivity contribution >= 4 is 22.8 Å². The SMILES string of the molecule is Cn1cnc2c1c(=O)n(CC(=O)N(Cc1ccco1)c1ccccc1)c(=O)n2C. The molecule has 0 radical (unpaired) electrons. The summed E-state index contributed by atoms with van der Waals surface area (Å²) < 4.78 is 9.12. The molecule has 1 aromatic carbocycles. The van der Waals surface area contributed by atoms with Gasteiger partial charge in [-0.3, -0.25) is 14.2 Å². The molecule has 148 valence electrons. The van der Waals surface area contributed by atoms with Crippen molar-refractivity contribution in [1.82, 2.24) is 18.7 Å². The molecule has 0 aliphatic heterocycles. The summed E-state index contributed by atoms with van der Waals surface area (Å²) in [5, 5.41) is 0. The van der Waals surface area contributed by atoms with Gasteiger partial charge in [0.05, 0.1) is 19.1 Å². The maximum atomic E-state index is 13.2. The number of aromatic nitrogens is 4. The van der Waals surface area contributed by atoms with Crippen molar-refractivity contribution in [2.24, 2.45) is 14.1 Å². The van der Waals surface area contributed by atoms with Gasteiger partial charge in [0, 0.05) is 19.8 Å². The first-order valence-electron chi connectivity index (χ1n) is 8.96. The second-order valence-corrected chi connectivity index (χ2v) is 6.66. The van der Waals surface area contributed by atoms with E-state index in [0.717, 1.165) is 4.57 Å². The average Bonchev–Trinajstić information content (AvgIpc) is 3.38. The predicted molar refractivity (Wildman–Crippen MR) is 107 cm³/mol. The van der Waals surface area contributed by atoms with Gasteiger partial charge in [-0.05, 0) is 24.3 Å². The molecular formula is C20H19N5O4. The number of carbonyl (C=O) groups excluding carboxylic acids is 1. The normalized spacial score (nSPS) is 11.1. The van der Waals surface area contributed by atoms with Gasteiger partial charge in [-0.15, -0.1) is 0 Å². The molecule has 0 atom stereocenters. The number of anilines is 1. The number of hydrogen-bond donors (Lipinski definition) is 0. The quantitative estimate of drug-likeness (QED) is 0.509. The summed E-state index contributed by atoms with van der Waals surface area (Å²) in [6, 6.07) is 12.5. The number of nitrogens with zero attached hydrogens (tertiary/aromatic N) is 5.